The number of aliphatic hydroxyl groups is 1. The van der Waals surface area contributed by atoms with Crippen molar-refractivity contribution in [3.8, 4) is 21.6 Å². The highest BCUT2D eigenvalue weighted by Gasteiger charge is 2.50. The third kappa shape index (κ3) is 12.7. The Morgan fingerprint density at radius 3 is 2.38 bits per heavy atom. The largest absolute Gasteiger partial charge is 0.470 e. The van der Waals surface area contributed by atoms with Crippen molar-refractivity contribution in [2.45, 2.75) is 63.1 Å². The lowest BCUT2D eigenvalue weighted by molar-refractivity contribution is -0.121. The lowest BCUT2D eigenvalue weighted by Crippen LogP contribution is -2.35. The summed E-state index contributed by atoms with van der Waals surface area (Å²) < 4.78 is 42.9. The van der Waals surface area contributed by atoms with Gasteiger partial charge in [-0.3, -0.25) is 23.2 Å². The van der Waals surface area contributed by atoms with E-state index >= 15 is 0 Å². The monoisotopic (exact) mass is 1010 g/mol. The van der Waals surface area contributed by atoms with Crippen LogP contribution < -0.4 is 36.5 Å². The van der Waals surface area contributed by atoms with Gasteiger partial charge in [-0.05, 0) is 54.7 Å². The molecule has 3 aliphatic rings. The number of rotatable bonds is 21. The average molecular weight is 1010 g/mol. The van der Waals surface area contributed by atoms with Gasteiger partial charge in [0.15, 0.2) is 23.2 Å². The Bertz CT molecular complexity index is 2960. The van der Waals surface area contributed by atoms with Crippen LogP contribution in [0.1, 0.15) is 55.1 Å². The maximum absolute atomic E-state index is 13.8. The quantitative estimate of drug-likeness (QED) is 0.0215. The molecule has 1 fully saturated rings. The van der Waals surface area contributed by atoms with Gasteiger partial charge in [0.05, 0.1) is 6.61 Å². The number of carbonyl (C=O) groups excluding carboxylic acids is 2. The number of nitrogens with one attached hydrogen (secondary N) is 3. The summed E-state index contributed by atoms with van der Waals surface area (Å²) in [6.07, 6.45) is -1.93. The lowest BCUT2D eigenvalue weighted by Gasteiger charge is -2.23. The number of phosphoric acid groups is 2. The number of nitrogen functional groups attached to an aromatic ring is 1. The van der Waals surface area contributed by atoms with Crippen LogP contribution in [0.2, 0.25) is 0 Å². The van der Waals surface area contributed by atoms with Crippen LogP contribution in [0.25, 0.3) is 42.8 Å². The number of nitrogens with two attached hydrogens (primary N) is 1. The molecule has 7 rings (SSSR count). The standard InChI is InChI=1S/C44H56N10O12P2S/c1-52(2)26-15-17-30-33(22-26)69-34-23-27(53(3)4)16-18-31(34)36(30)28-12-7-8-13-29(28)42(57)47-21-11-14-35(55)46-19-9-5-6-10-20-48-44-51-37-40(45)49-25-50-41(37)54(44)43-39(66-68(61,62)63)38(56)32(65-43)24-64-67(58,59)60/h7-8,12-13,15-18,22-23,25,32,38-39,43,45,47,56H,5-6,9-11,14,19-21,24H2,1-4H3,(H6,46,55,57,58,59,60,61,62,63)/p+1/t32-,38-,39-,43-/m1/s1. The molecule has 10 N–H and O–H groups in total. The second-order valence-corrected chi connectivity index (χ2v) is 20.4. The fraction of sp³-hybridized carbons (Fsp3) is 0.409. The molecule has 4 atom stereocenters. The maximum Gasteiger partial charge on any atom is 0.470 e. The number of nitrogens with zero attached hydrogens (tertiary/aromatic N) is 6. The Morgan fingerprint density at radius 2 is 1.65 bits per heavy atom. The zero-order valence-corrected chi connectivity index (χ0v) is 41.0. The molecular weight excluding hydrogens is 955 g/mol. The molecule has 370 valence electrons. The molecule has 69 heavy (non-hydrogen) atoms. The highest BCUT2D eigenvalue weighted by atomic mass is 32.1. The summed E-state index contributed by atoms with van der Waals surface area (Å²) in [6, 6.07) is 20.4. The van der Waals surface area contributed by atoms with Gasteiger partial charge in [0, 0.05) is 84.1 Å². The normalized spacial score (nSPS) is 17.4. The Hall–Kier alpha value is -5.42. The molecule has 0 bridgehead atoms. The minimum atomic E-state index is -5.24. The van der Waals surface area contributed by atoms with Crippen LogP contribution >= 0.6 is 27.0 Å². The molecule has 0 spiro atoms. The summed E-state index contributed by atoms with van der Waals surface area (Å²) >= 11 is 1.72. The molecule has 4 heterocycles. The van der Waals surface area contributed by atoms with Gasteiger partial charge in [-0.2, -0.15) is 0 Å². The summed E-state index contributed by atoms with van der Waals surface area (Å²) in [4.78, 5) is 80.0. The smallest absolute Gasteiger partial charge is 0.387 e. The maximum atomic E-state index is 13.8. The molecule has 2 aromatic carbocycles. The van der Waals surface area contributed by atoms with E-state index in [9.17, 15) is 43.4 Å². The molecule has 1 aliphatic carbocycles. The van der Waals surface area contributed by atoms with Gasteiger partial charge in [0.25, 0.3) is 5.91 Å². The number of aliphatic hydroxyl groups excluding tert-OH is 1. The van der Waals surface area contributed by atoms with Gasteiger partial charge in [-0.25, -0.2) is 28.7 Å². The van der Waals surface area contributed by atoms with Crippen LogP contribution in [0.3, 0.4) is 0 Å². The van der Waals surface area contributed by atoms with Gasteiger partial charge < -0.3 is 56.0 Å². The van der Waals surface area contributed by atoms with E-state index in [0.29, 0.717) is 44.5 Å². The average Bonchev–Trinajstić information content (AvgIpc) is 3.81. The van der Waals surface area contributed by atoms with Crippen molar-refractivity contribution in [2.24, 2.45) is 0 Å². The summed E-state index contributed by atoms with van der Waals surface area (Å²) in [5, 5.41) is 22.1. The predicted molar refractivity (Wildman–Crippen MR) is 261 cm³/mol. The fourth-order valence-electron chi connectivity index (χ4n) is 8.08. The van der Waals surface area contributed by atoms with Crippen LogP contribution in [0.5, 0.6) is 0 Å². The number of ether oxygens (including phenoxy) is 1. The van der Waals surface area contributed by atoms with E-state index in [4.69, 9.17) is 15.0 Å². The number of phosphoric ester groups is 2. The number of benzene rings is 3. The number of carbonyl (C=O) groups is 2. The van der Waals surface area contributed by atoms with Crippen LogP contribution in [0, 0.1) is 0 Å². The summed E-state index contributed by atoms with van der Waals surface area (Å²) in [5.41, 5.74) is 10.7. The van der Waals surface area contributed by atoms with E-state index in [2.05, 4.69) is 81.3 Å². The minimum absolute atomic E-state index is 0.0214. The molecule has 2 amide bonds. The summed E-state index contributed by atoms with van der Waals surface area (Å²) in [5.74, 6) is -0.287. The molecule has 25 heteroatoms. The predicted octanol–water partition coefficient (Wildman–Crippen LogP) is 3.64. The first-order valence-corrected chi connectivity index (χ1v) is 26.0. The second kappa shape index (κ2) is 22.1. The van der Waals surface area contributed by atoms with E-state index in [1.807, 2.05) is 52.5 Å². The van der Waals surface area contributed by atoms with Crippen molar-refractivity contribution < 1.29 is 57.2 Å². The van der Waals surface area contributed by atoms with Crippen molar-refractivity contribution in [3.05, 3.63) is 77.9 Å². The summed E-state index contributed by atoms with van der Waals surface area (Å²) in [6.45, 7) is 0.277. The van der Waals surface area contributed by atoms with Gasteiger partial charge in [0.2, 0.25) is 17.2 Å². The molecule has 1 saturated heterocycles. The zero-order chi connectivity index (χ0) is 49.6. The van der Waals surface area contributed by atoms with E-state index in [1.54, 1.807) is 11.3 Å². The van der Waals surface area contributed by atoms with E-state index < -0.39 is 46.8 Å². The Labute approximate surface area is 401 Å². The van der Waals surface area contributed by atoms with Crippen LogP contribution in [0.4, 0.5) is 17.5 Å². The first-order chi connectivity index (χ1) is 32.8. The first kappa shape index (κ1) is 51.4. The molecule has 2 aliphatic heterocycles. The molecule has 0 unspecified atom stereocenters. The molecule has 0 radical (unpaired) electrons. The highest BCUT2D eigenvalue weighted by molar-refractivity contribution is 7.46. The minimum Gasteiger partial charge on any atom is -0.387 e. The van der Waals surface area contributed by atoms with Crippen LogP contribution in [-0.2, 0) is 27.7 Å². The number of imidazole rings is 1. The second-order valence-electron chi connectivity index (χ2n) is 16.9. The van der Waals surface area contributed by atoms with Gasteiger partial charge in [0.1, 0.15) is 38.7 Å². The van der Waals surface area contributed by atoms with Gasteiger partial charge >= 0.3 is 15.6 Å². The van der Waals surface area contributed by atoms with Crippen LogP contribution in [0.15, 0.2) is 67.0 Å². The van der Waals surface area contributed by atoms with E-state index in [0.717, 1.165) is 61.9 Å². The van der Waals surface area contributed by atoms with Crippen molar-refractivity contribution in [3.63, 3.8) is 0 Å². The topological polar surface area (TPSA) is 309 Å². The van der Waals surface area contributed by atoms with Gasteiger partial charge in [-0.1, -0.05) is 37.1 Å². The number of unbranched alkanes of at least 4 members (excludes halogenated alkanes) is 3. The highest BCUT2D eigenvalue weighted by Crippen LogP contribution is 2.48. The van der Waals surface area contributed by atoms with Crippen molar-refractivity contribution in [1.29, 1.82) is 0 Å². The van der Waals surface area contributed by atoms with E-state index in [-0.39, 0.29) is 41.2 Å². The number of amides is 2. The van der Waals surface area contributed by atoms with Gasteiger partial charge in [-0.15, -0.1) is 11.3 Å². The SMILES string of the molecule is CN(C)c1ccc2c(-c3ccccc3C(=O)NCCCC(=O)NCCCCCCNc3nc4c(N)ncnc4n3[C@@H]3O[C@H](COP(=O)(O)O)[C@@H](O)[C@H]3OP(=O)(O)O)c3ccc(=[N+](C)C)cc-3sc2c1. The number of fused-ring (bicyclic) bond motifs is 3. The summed E-state index contributed by atoms with van der Waals surface area (Å²) in [7, 11) is -2.19. The zero-order valence-electron chi connectivity index (χ0n) is 38.4. The first-order valence-electron chi connectivity index (χ1n) is 22.1. The molecule has 2 aromatic heterocycles. The Kier molecular flexibility index (Phi) is 16.5. The van der Waals surface area contributed by atoms with Crippen molar-refractivity contribution in [1.82, 2.24) is 34.7 Å². The third-order valence-electron chi connectivity index (χ3n) is 11.5. The third-order valence-corrected chi connectivity index (χ3v) is 13.6. The molecular formula is C44H57N10O12P2S+. The number of anilines is 3. The fourth-order valence-corrected chi connectivity index (χ4v) is 10.1. The molecule has 4 aromatic rings. The van der Waals surface area contributed by atoms with Crippen LogP contribution in [-0.4, -0.2) is 129 Å². The van der Waals surface area contributed by atoms with Crippen molar-refractivity contribution in [2.75, 3.05) is 70.4 Å². The molecule has 22 nitrogen and oxygen atoms in total. The number of hydrogen-bond acceptors (Lipinski definition) is 15. The Morgan fingerprint density at radius 1 is 0.913 bits per heavy atom. The molecule has 0 saturated carbocycles. The Balaban J connectivity index is 0.891. The van der Waals surface area contributed by atoms with Crippen molar-refractivity contribution >= 4 is 77.5 Å². The number of aromatic nitrogens is 4. The lowest BCUT2D eigenvalue weighted by atomic mass is 9.91. The van der Waals surface area contributed by atoms with E-state index in [1.165, 1.54) is 4.57 Å². The number of hydrogen-bond donors (Lipinski definition) is 9.